The van der Waals surface area contributed by atoms with Gasteiger partial charge in [0.15, 0.2) is 0 Å². The highest BCUT2D eigenvalue weighted by atomic mass is 79.9. The van der Waals surface area contributed by atoms with E-state index in [0.717, 1.165) is 20.9 Å². The lowest BCUT2D eigenvalue weighted by atomic mass is 10.2. The van der Waals surface area contributed by atoms with Crippen molar-refractivity contribution in [2.24, 2.45) is 0 Å². The minimum Gasteiger partial charge on any atom is -0.386 e. The number of rotatable bonds is 4. The highest BCUT2D eigenvalue weighted by molar-refractivity contribution is 9.10. The van der Waals surface area contributed by atoms with Crippen LogP contribution in [0.4, 0.5) is 0 Å². The molecular weight excluding hydrogens is 314 g/mol. The molecule has 1 unspecified atom stereocenters. The van der Waals surface area contributed by atoms with E-state index in [1.165, 1.54) is 0 Å². The molecule has 2 heterocycles. The van der Waals surface area contributed by atoms with Crippen LogP contribution in [0.5, 0.6) is 0 Å². The van der Waals surface area contributed by atoms with Gasteiger partial charge >= 0.3 is 0 Å². The molecule has 0 saturated carbocycles. The van der Waals surface area contributed by atoms with Crippen LogP contribution in [0, 0.1) is 6.92 Å². The van der Waals surface area contributed by atoms with Gasteiger partial charge in [-0.15, -0.1) is 11.3 Å². The maximum atomic E-state index is 10.4. The molecule has 98 valence electrons. The van der Waals surface area contributed by atoms with Crippen LogP contribution in [0.1, 0.15) is 42.4 Å². The lowest BCUT2D eigenvalue weighted by Crippen LogP contribution is -2.13. The van der Waals surface area contributed by atoms with Gasteiger partial charge in [0.2, 0.25) is 0 Å². The van der Waals surface area contributed by atoms with Crippen LogP contribution in [0.3, 0.4) is 0 Å². The van der Waals surface area contributed by atoms with E-state index < -0.39 is 6.10 Å². The largest absolute Gasteiger partial charge is 0.386 e. The number of aryl methyl sites for hydroxylation is 1. The maximum Gasteiger partial charge on any atom is 0.103 e. The van der Waals surface area contributed by atoms with Gasteiger partial charge in [-0.1, -0.05) is 0 Å². The molecule has 0 aromatic carbocycles. The number of halogens is 1. The fraction of sp³-hybridized carbons (Fsp3) is 0.500. The van der Waals surface area contributed by atoms with Crippen molar-refractivity contribution < 1.29 is 5.11 Å². The van der Waals surface area contributed by atoms with E-state index in [9.17, 15) is 5.11 Å². The average molecular weight is 330 g/mol. The van der Waals surface area contributed by atoms with Gasteiger partial charge in [0.05, 0.1) is 21.4 Å². The van der Waals surface area contributed by atoms with Crippen LogP contribution in [-0.2, 0) is 6.42 Å². The number of aliphatic hydroxyl groups is 1. The standard InChI is InChI=1S/C12H16BrN3OS/c1-7(2)16-12(9(13)5-14-16)10(17)4-11-15-8(3)6-18-11/h5-7,10,17H,4H2,1-3H3. The highest BCUT2D eigenvalue weighted by Crippen LogP contribution is 2.28. The SMILES string of the molecule is Cc1csc(CC(O)c2c(Br)cnn2C(C)C)n1. The molecule has 0 radical (unpaired) electrons. The fourth-order valence-electron chi connectivity index (χ4n) is 1.83. The topological polar surface area (TPSA) is 50.9 Å². The van der Waals surface area contributed by atoms with Crippen molar-refractivity contribution >= 4 is 27.3 Å². The Bertz CT molecular complexity index is 535. The van der Waals surface area contributed by atoms with Crippen molar-refractivity contribution in [2.75, 3.05) is 0 Å². The quantitative estimate of drug-likeness (QED) is 0.936. The first-order valence-corrected chi connectivity index (χ1v) is 7.48. The van der Waals surface area contributed by atoms with Crippen molar-refractivity contribution in [3.05, 3.63) is 32.4 Å². The molecule has 0 saturated heterocycles. The third kappa shape index (κ3) is 2.81. The summed E-state index contributed by atoms with van der Waals surface area (Å²) in [7, 11) is 0. The van der Waals surface area contributed by atoms with Crippen LogP contribution in [0.25, 0.3) is 0 Å². The van der Waals surface area contributed by atoms with Crippen molar-refractivity contribution in [3.63, 3.8) is 0 Å². The number of nitrogens with zero attached hydrogens (tertiary/aromatic N) is 3. The number of thiazole rings is 1. The van der Waals surface area contributed by atoms with Gasteiger partial charge in [-0.2, -0.15) is 5.10 Å². The summed E-state index contributed by atoms with van der Waals surface area (Å²) in [5, 5.41) is 17.6. The fourth-order valence-corrected chi connectivity index (χ4v) is 3.18. The van der Waals surface area contributed by atoms with Crippen molar-refractivity contribution in [1.29, 1.82) is 0 Å². The summed E-state index contributed by atoms with van der Waals surface area (Å²) in [6, 6.07) is 0.221. The van der Waals surface area contributed by atoms with E-state index in [1.807, 2.05) is 30.8 Å². The molecule has 0 fully saturated rings. The van der Waals surface area contributed by atoms with Gasteiger partial charge in [0.25, 0.3) is 0 Å². The zero-order valence-corrected chi connectivity index (χ0v) is 13.0. The molecule has 1 atom stereocenters. The van der Waals surface area contributed by atoms with Gasteiger partial charge in [0, 0.05) is 23.5 Å². The van der Waals surface area contributed by atoms with Crippen LogP contribution >= 0.6 is 27.3 Å². The minimum atomic E-state index is -0.588. The predicted molar refractivity (Wildman–Crippen MR) is 75.8 cm³/mol. The monoisotopic (exact) mass is 329 g/mol. The summed E-state index contributed by atoms with van der Waals surface area (Å²) >= 11 is 5.02. The van der Waals surface area contributed by atoms with Crippen molar-refractivity contribution in [1.82, 2.24) is 14.8 Å². The predicted octanol–water partition coefficient (Wildman–Crippen LogP) is 3.27. The number of hydrogen-bond acceptors (Lipinski definition) is 4. The second-order valence-electron chi connectivity index (χ2n) is 4.52. The lowest BCUT2D eigenvalue weighted by Gasteiger charge is -2.15. The molecule has 4 nitrogen and oxygen atoms in total. The Morgan fingerprint density at radius 3 is 2.78 bits per heavy atom. The molecule has 2 aromatic rings. The smallest absolute Gasteiger partial charge is 0.103 e. The van der Waals surface area contributed by atoms with Crippen LogP contribution in [0.15, 0.2) is 16.0 Å². The normalized spacial score (nSPS) is 13.2. The Kier molecular flexibility index (Phi) is 4.19. The molecule has 2 aromatic heterocycles. The first kappa shape index (κ1) is 13.7. The van der Waals surface area contributed by atoms with Crippen molar-refractivity contribution in [3.8, 4) is 0 Å². The molecule has 18 heavy (non-hydrogen) atoms. The molecular formula is C12H16BrN3OS. The maximum absolute atomic E-state index is 10.4. The molecule has 0 aliphatic heterocycles. The van der Waals surface area contributed by atoms with E-state index >= 15 is 0 Å². The Balaban J connectivity index is 2.23. The Morgan fingerprint density at radius 1 is 1.50 bits per heavy atom. The van der Waals surface area contributed by atoms with Crippen LogP contribution in [0.2, 0.25) is 0 Å². The van der Waals surface area contributed by atoms with E-state index in [4.69, 9.17) is 0 Å². The molecule has 0 aliphatic carbocycles. The number of aliphatic hydroxyl groups excluding tert-OH is 1. The zero-order chi connectivity index (χ0) is 13.3. The molecule has 0 amide bonds. The van der Waals surface area contributed by atoms with Crippen LogP contribution in [-0.4, -0.2) is 19.9 Å². The molecule has 1 N–H and O–H groups in total. The van der Waals surface area contributed by atoms with Crippen molar-refractivity contribution in [2.45, 2.75) is 39.3 Å². The molecule has 6 heteroatoms. The second kappa shape index (κ2) is 5.50. The average Bonchev–Trinajstić information content (AvgIpc) is 2.85. The second-order valence-corrected chi connectivity index (χ2v) is 6.32. The van der Waals surface area contributed by atoms with E-state index in [1.54, 1.807) is 17.5 Å². The van der Waals surface area contributed by atoms with Gasteiger partial charge in [0.1, 0.15) is 6.10 Å². The van der Waals surface area contributed by atoms with Gasteiger partial charge in [-0.25, -0.2) is 4.98 Å². The number of hydrogen-bond donors (Lipinski definition) is 1. The summed E-state index contributed by atoms with van der Waals surface area (Å²) < 4.78 is 2.69. The molecule has 0 aliphatic rings. The zero-order valence-electron chi connectivity index (χ0n) is 10.6. The summed E-state index contributed by atoms with van der Waals surface area (Å²) in [6.45, 7) is 6.05. The van der Waals surface area contributed by atoms with Crippen LogP contribution < -0.4 is 0 Å². The molecule has 0 bridgehead atoms. The first-order valence-electron chi connectivity index (χ1n) is 5.81. The van der Waals surface area contributed by atoms with E-state index in [-0.39, 0.29) is 6.04 Å². The number of aromatic nitrogens is 3. The third-order valence-electron chi connectivity index (χ3n) is 2.63. The third-order valence-corrected chi connectivity index (χ3v) is 4.23. The first-order chi connectivity index (χ1) is 8.49. The van der Waals surface area contributed by atoms with Gasteiger partial charge < -0.3 is 5.11 Å². The van der Waals surface area contributed by atoms with Gasteiger partial charge in [-0.05, 0) is 36.7 Å². The molecule has 2 rings (SSSR count). The molecule has 0 spiro atoms. The lowest BCUT2D eigenvalue weighted by molar-refractivity contribution is 0.164. The summed E-state index contributed by atoms with van der Waals surface area (Å²) in [5.41, 5.74) is 1.82. The summed E-state index contributed by atoms with van der Waals surface area (Å²) in [6.07, 6.45) is 1.66. The van der Waals surface area contributed by atoms with E-state index in [0.29, 0.717) is 6.42 Å². The Morgan fingerprint density at radius 2 is 2.22 bits per heavy atom. The summed E-state index contributed by atoms with van der Waals surface area (Å²) in [5.74, 6) is 0. The summed E-state index contributed by atoms with van der Waals surface area (Å²) in [4.78, 5) is 4.38. The Hall–Kier alpha value is -0.720. The minimum absolute atomic E-state index is 0.221. The highest BCUT2D eigenvalue weighted by Gasteiger charge is 2.20. The van der Waals surface area contributed by atoms with Gasteiger partial charge in [-0.3, -0.25) is 4.68 Å². The Labute approximate surface area is 119 Å². The van der Waals surface area contributed by atoms with E-state index in [2.05, 4.69) is 26.0 Å².